The number of hydrogen-bond donors (Lipinski definition) is 1. The van der Waals surface area contributed by atoms with Gasteiger partial charge in [-0.3, -0.25) is 9.25 Å². The summed E-state index contributed by atoms with van der Waals surface area (Å²) in [6.45, 7) is 0.882. The molecule has 12 heteroatoms. The second-order valence-electron chi connectivity index (χ2n) is 7.84. The van der Waals surface area contributed by atoms with E-state index in [4.69, 9.17) is 19.2 Å². The normalized spacial score (nSPS) is 11.9. The number of rotatable bonds is 8. The zero-order valence-electron chi connectivity index (χ0n) is 19.5. The number of aryl methyl sites for hydroxylation is 1. The van der Waals surface area contributed by atoms with Crippen LogP contribution in [0.4, 0.5) is 13.2 Å². The molecular weight excluding hydrogens is 467 g/mol. The van der Waals surface area contributed by atoms with Crippen LogP contribution < -0.4 is 9.47 Å². The fourth-order valence-electron chi connectivity index (χ4n) is 3.97. The van der Waals surface area contributed by atoms with Crippen LogP contribution in [0.2, 0.25) is 0 Å². The highest BCUT2D eigenvalue weighted by Crippen LogP contribution is 2.38. The van der Waals surface area contributed by atoms with Crippen molar-refractivity contribution >= 4 is 10.9 Å². The van der Waals surface area contributed by atoms with Gasteiger partial charge < -0.3 is 19.3 Å². The van der Waals surface area contributed by atoms with Crippen molar-refractivity contribution in [2.75, 3.05) is 27.9 Å². The van der Waals surface area contributed by atoms with Crippen LogP contribution in [-0.2, 0) is 17.7 Å². The van der Waals surface area contributed by atoms with Crippen LogP contribution in [0, 0.1) is 6.92 Å². The van der Waals surface area contributed by atoms with Gasteiger partial charge in [0.1, 0.15) is 6.54 Å². The summed E-state index contributed by atoms with van der Waals surface area (Å²) in [5, 5.41) is 15.4. The minimum absolute atomic E-state index is 0.139. The van der Waals surface area contributed by atoms with Gasteiger partial charge >= 0.3 is 6.18 Å². The second-order valence-corrected chi connectivity index (χ2v) is 7.84. The number of methoxy groups -OCH3 is 3. The molecular formula is C23H24F3N5O4. The van der Waals surface area contributed by atoms with E-state index in [1.165, 1.54) is 38.3 Å². The fraction of sp³-hybridized carbons (Fsp3) is 0.348. The van der Waals surface area contributed by atoms with E-state index in [-0.39, 0.29) is 11.6 Å². The number of nitrogens with zero attached hydrogens (tertiary/aromatic N) is 5. The first-order valence-corrected chi connectivity index (χ1v) is 10.6. The van der Waals surface area contributed by atoms with Crippen LogP contribution in [0.5, 0.6) is 17.5 Å². The van der Waals surface area contributed by atoms with Crippen molar-refractivity contribution in [1.29, 1.82) is 0 Å². The molecule has 0 aliphatic heterocycles. The number of ether oxygens (including phenoxy) is 3. The molecule has 0 bridgehead atoms. The minimum Gasteiger partial charge on any atom is -0.494 e. The minimum atomic E-state index is -4.42. The number of pyridine rings is 2. The molecule has 0 saturated heterocycles. The van der Waals surface area contributed by atoms with E-state index in [0.29, 0.717) is 52.5 Å². The van der Waals surface area contributed by atoms with Gasteiger partial charge in [-0.15, -0.1) is 0 Å². The molecule has 186 valence electrons. The molecule has 4 heterocycles. The standard InChI is InChI=1S/C23H24F3N5O4/c1-13-7-16(14-8-18(34-3)21(35-4)27-9-14)29-20-17(5-6-33-2)31(22(32)19(13)20)15-10-28-30(11-15)12-23(24,25)26/h7-11,32H,5-6,12H2,1-4H3. The molecule has 0 atom stereocenters. The maximum Gasteiger partial charge on any atom is 0.408 e. The summed E-state index contributed by atoms with van der Waals surface area (Å²) in [4.78, 5) is 9.05. The van der Waals surface area contributed by atoms with Crippen molar-refractivity contribution < 1.29 is 32.5 Å². The summed E-state index contributed by atoms with van der Waals surface area (Å²) in [6.07, 6.45) is 0.0258. The van der Waals surface area contributed by atoms with Crippen molar-refractivity contribution in [3.63, 3.8) is 0 Å². The summed E-state index contributed by atoms with van der Waals surface area (Å²) in [5.74, 6) is 0.621. The number of fused-ring (bicyclic) bond motifs is 1. The lowest BCUT2D eigenvalue weighted by Gasteiger charge is -2.10. The largest absolute Gasteiger partial charge is 0.494 e. The van der Waals surface area contributed by atoms with Crippen molar-refractivity contribution in [3.8, 4) is 34.5 Å². The monoisotopic (exact) mass is 491 g/mol. The number of hydrogen-bond acceptors (Lipinski definition) is 7. The Morgan fingerprint density at radius 1 is 1.09 bits per heavy atom. The first-order chi connectivity index (χ1) is 16.7. The van der Waals surface area contributed by atoms with Crippen molar-refractivity contribution in [3.05, 3.63) is 42.0 Å². The molecule has 0 saturated carbocycles. The van der Waals surface area contributed by atoms with E-state index in [0.717, 1.165) is 10.2 Å². The maximum atomic E-state index is 12.8. The van der Waals surface area contributed by atoms with E-state index in [9.17, 15) is 18.3 Å². The van der Waals surface area contributed by atoms with Crippen molar-refractivity contribution in [2.24, 2.45) is 0 Å². The van der Waals surface area contributed by atoms with Crippen LogP contribution in [-0.4, -0.2) is 63.5 Å². The average molecular weight is 491 g/mol. The summed E-state index contributed by atoms with van der Waals surface area (Å²) in [6, 6.07) is 3.54. The van der Waals surface area contributed by atoms with Crippen LogP contribution in [0.3, 0.4) is 0 Å². The predicted octanol–water partition coefficient (Wildman–Crippen LogP) is 4.07. The molecule has 35 heavy (non-hydrogen) atoms. The number of alkyl halides is 3. The molecule has 4 aromatic rings. The highest BCUT2D eigenvalue weighted by Gasteiger charge is 2.29. The zero-order chi connectivity index (χ0) is 25.3. The molecule has 0 unspecified atom stereocenters. The Balaban J connectivity index is 1.90. The Morgan fingerprint density at radius 3 is 2.51 bits per heavy atom. The molecule has 0 spiro atoms. The zero-order valence-corrected chi connectivity index (χ0v) is 19.5. The maximum absolute atomic E-state index is 12.8. The molecule has 9 nitrogen and oxygen atoms in total. The van der Waals surface area contributed by atoms with Gasteiger partial charge in [-0.1, -0.05) is 0 Å². The summed E-state index contributed by atoms with van der Waals surface area (Å²) >= 11 is 0. The van der Waals surface area contributed by atoms with Gasteiger partial charge in [0.15, 0.2) is 5.75 Å². The lowest BCUT2D eigenvalue weighted by molar-refractivity contribution is -0.142. The molecule has 0 aliphatic carbocycles. The summed E-state index contributed by atoms with van der Waals surface area (Å²) in [5.41, 5.74) is 3.31. The first-order valence-electron chi connectivity index (χ1n) is 10.6. The molecule has 0 amide bonds. The van der Waals surface area contributed by atoms with Crippen LogP contribution in [0.15, 0.2) is 30.7 Å². The predicted molar refractivity (Wildman–Crippen MR) is 121 cm³/mol. The molecule has 0 aromatic carbocycles. The quantitative estimate of drug-likeness (QED) is 0.397. The number of halogens is 3. The van der Waals surface area contributed by atoms with E-state index < -0.39 is 12.7 Å². The SMILES string of the molecule is COCCc1c2nc(-c3cnc(OC)c(OC)c3)cc(C)c2c(O)n1-c1cnn(CC(F)(F)F)c1. The van der Waals surface area contributed by atoms with Crippen molar-refractivity contribution in [2.45, 2.75) is 26.1 Å². The van der Waals surface area contributed by atoms with Gasteiger partial charge in [-0.25, -0.2) is 9.97 Å². The van der Waals surface area contributed by atoms with Gasteiger partial charge in [-0.05, 0) is 24.6 Å². The molecule has 4 aromatic heterocycles. The van der Waals surface area contributed by atoms with Gasteiger partial charge in [0, 0.05) is 31.5 Å². The average Bonchev–Trinajstić information content (AvgIpc) is 3.37. The van der Waals surface area contributed by atoms with Crippen molar-refractivity contribution in [1.82, 2.24) is 24.3 Å². The Labute approximate surface area is 198 Å². The third-order valence-corrected chi connectivity index (χ3v) is 5.48. The molecule has 0 radical (unpaired) electrons. The van der Waals surface area contributed by atoms with E-state index in [1.54, 1.807) is 18.3 Å². The lowest BCUT2D eigenvalue weighted by atomic mass is 10.1. The summed E-state index contributed by atoms with van der Waals surface area (Å²) < 4.78 is 56.5. The highest BCUT2D eigenvalue weighted by atomic mass is 19.4. The molecule has 0 aliphatic rings. The van der Waals surface area contributed by atoms with Gasteiger partial charge in [0.2, 0.25) is 5.88 Å². The van der Waals surface area contributed by atoms with Crippen LogP contribution in [0.1, 0.15) is 11.3 Å². The third kappa shape index (κ3) is 4.74. The third-order valence-electron chi connectivity index (χ3n) is 5.48. The second kappa shape index (κ2) is 9.45. The van der Waals surface area contributed by atoms with Gasteiger partial charge in [0.05, 0.1) is 55.0 Å². The van der Waals surface area contributed by atoms with Gasteiger partial charge in [0.25, 0.3) is 5.88 Å². The van der Waals surface area contributed by atoms with E-state index in [2.05, 4.69) is 10.1 Å². The fourth-order valence-corrected chi connectivity index (χ4v) is 3.97. The van der Waals surface area contributed by atoms with E-state index >= 15 is 0 Å². The topological polar surface area (TPSA) is 96.5 Å². The number of aromatic nitrogens is 5. The van der Waals surface area contributed by atoms with E-state index in [1.807, 2.05) is 6.92 Å². The Kier molecular flexibility index (Phi) is 6.57. The summed E-state index contributed by atoms with van der Waals surface area (Å²) in [7, 11) is 4.53. The lowest BCUT2D eigenvalue weighted by Crippen LogP contribution is -2.17. The Morgan fingerprint density at radius 2 is 1.86 bits per heavy atom. The van der Waals surface area contributed by atoms with Crippen LogP contribution in [0.25, 0.3) is 27.8 Å². The first kappa shape index (κ1) is 24.3. The molecule has 1 N–H and O–H groups in total. The highest BCUT2D eigenvalue weighted by molar-refractivity contribution is 5.93. The molecule has 4 rings (SSSR count). The Bertz CT molecular complexity index is 1360. The van der Waals surface area contributed by atoms with Crippen LogP contribution >= 0.6 is 0 Å². The molecule has 0 fully saturated rings. The Hall–Kier alpha value is -3.80. The smallest absolute Gasteiger partial charge is 0.408 e. The van der Waals surface area contributed by atoms with Gasteiger partial charge in [-0.2, -0.15) is 18.3 Å². The number of aromatic hydroxyl groups is 1.